The Bertz CT molecular complexity index is 1270. The van der Waals surface area contributed by atoms with Gasteiger partial charge < -0.3 is 0 Å². The van der Waals surface area contributed by atoms with E-state index in [0.717, 1.165) is 5.56 Å². The highest BCUT2D eigenvalue weighted by Crippen LogP contribution is 2.30. The van der Waals surface area contributed by atoms with Crippen molar-refractivity contribution >= 4 is 44.4 Å². The van der Waals surface area contributed by atoms with E-state index in [1.165, 1.54) is 46.6 Å². The normalized spacial score (nSPS) is 11.1. The van der Waals surface area contributed by atoms with Gasteiger partial charge in [0, 0.05) is 30.6 Å². The molecule has 0 aliphatic carbocycles. The average Bonchev–Trinajstić information content (AvgIpc) is 3.19. The van der Waals surface area contributed by atoms with Crippen molar-refractivity contribution in [3.8, 4) is 0 Å². The van der Waals surface area contributed by atoms with Crippen LogP contribution in [0.3, 0.4) is 0 Å². The van der Waals surface area contributed by atoms with Crippen LogP contribution in [0, 0.1) is 15.9 Å². The number of halogens is 1. The first-order valence-electron chi connectivity index (χ1n) is 9.18. The molecule has 0 N–H and O–H groups in total. The number of carbonyl (C=O) groups excluding carboxylic acids is 1. The molecule has 0 aliphatic heterocycles. The van der Waals surface area contributed by atoms with E-state index in [1.807, 2.05) is 6.07 Å². The zero-order valence-corrected chi connectivity index (χ0v) is 16.8. The van der Waals surface area contributed by atoms with Crippen molar-refractivity contribution < 1.29 is 14.1 Å². The van der Waals surface area contributed by atoms with Gasteiger partial charge in [-0.15, -0.1) is 0 Å². The first kappa shape index (κ1) is 20.3. The van der Waals surface area contributed by atoms with Gasteiger partial charge in [0.2, 0.25) is 0 Å². The fraction of sp³-hybridized carbons (Fsp3) is 0.0455. The highest BCUT2D eigenvalue weighted by Gasteiger charge is 2.19. The minimum Gasteiger partial charge on any atom is -0.280 e. The number of nitro benzene ring substituents is 1. The molecule has 0 saturated carbocycles. The fourth-order valence-electron chi connectivity index (χ4n) is 2.88. The number of aromatic nitrogens is 2. The molecule has 0 spiro atoms. The highest BCUT2D eigenvalue weighted by molar-refractivity contribution is 7.22. The first-order valence-corrected chi connectivity index (χ1v) is 10.0. The summed E-state index contributed by atoms with van der Waals surface area (Å²) < 4.78 is 14.2. The molecule has 31 heavy (non-hydrogen) atoms. The minimum atomic E-state index is -0.482. The van der Waals surface area contributed by atoms with Crippen molar-refractivity contribution in [2.24, 2.45) is 0 Å². The standard InChI is InChI=1S/C22H15FN4O3S/c23-17-6-9-19-20(12-17)31-22(25-19)26(14-16-2-1-11-24-13-16)21(28)10-5-15-3-7-18(8-4-15)27(29)30/h1-13H,14H2/b10-5-. The van der Waals surface area contributed by atoms with Crippen LogP contribution in [0.2, 0.25) is 0 Å². The summed E-state index contributed by atoms with van der Waals surface area (Å²) in [5.74, 6) is -0.701. The molecule has 2 aromatic carbocycles. The molecular formula is C22H15FN4O3S. The van der Waals surface area contributed by atoms with Gasteiger partial charge in [-0.05, 0) is 53.6 Å². The maximum absolute atomic E-state index is 13.6. The van der Waals surface area contributed by atoms with E-state index in [9.17, 15) is 19.3 Å². The Kier molecular flexibility index (Phi) is 5.76. The summed E-state index contributed by atoms with van der Waals surface area (Å²) in [4.78, 5) is 33.4. The maximum Gasteiger partial charge on any atom is 0.269 e. The van der Waals surface area contributed by atoms with Crippen molar-refractivity contribution in [3.05, 3.63) is 100 Å². The van der Waals surface area contributed by atoms with Gasteiger partial charge in [-0.25, -0.2) is 9.37 Å². The molecule has 9 heteroatoms. The van der Waals surface area contributed by atoms with Gasteiger partial charge in [-0.2, -0.15) is 0 Å². The topological polar surface area (TPSA) is 89.2 Å². The number of amides is 1. The summed E-state index contributed by atoms with van der Waals surface area (Å²) >= 11 is 1.22. The average molecular weight is 434 g/mol. The van der Waals surface area contributed by atoms with Gasteiger partial charge in [0.15, 0.2) is 5.13 Å². The molecule has 154 valence electrons. The number of carbonyl (C=O) groups is 1. The van der Waals surface area contributed by atoms with Crippen LogP contribution < -0.4 is 4.90 Å². The van der Waals surface area contributed by atoms with Crippen LogP contribution in [0.25, 0.3) is 16.3 Å². The van der Waals surface area contributed by atoms with E-state index >= 15 is 0 Å². The van der Waals surface area contributed by atoms with Crippen LogP contribution in [0.4, 0.5) is 15.2 Å². The summed E-state index contributed by atoms with van der Waals surface area (Å²) in [6, 6.07) is 13.8. The van der Waals surface area contributed by atoms with Crippen molar-refractivity contribution in [1.82, 2.24) is 9.97 Å². The second-order valence-corrected chi connectivity index (χ2v) is 7.59. The number of non-ortho nitro benzene ring substituents is 1. The molecule has 1 amide bonds. The van der Waals surface area contributed by atoms with E-state index in [1.54, 1.807) is 42.7 Å². The minimum absolute atomic E-state index is 0.0246. The van der Waals surface area contributed by atoms with Gasteiger partial charge in [-0.3, -0.25) is 24.8 Å². The van der Waals surface area contributed by atoms with E-state index < -0.39 is 4.92 Å². The van der Waals surface area contributed by atoms with Crippen LogP contribution in [0.5, 0.6) is 0 Å². The van der Waals surface area contributed by atoms with Gasteiger partial charge in [0.05, 0.1) is 21.7 Å². The number of nitrogens with zero attached hydrogens (tertiary/aromatic N) is 4. The molecule has 0 saturated heterocycles. The highest BCUT2D eigenvalue weighted by atomic mass is 32.1. The third kappa shape index (κ3) is 4.78. The number of thiazole rings is 1. The van der Waals surface area contributed by atoms with Crippen molar-refractivity contribution in [3.63, 3.8) is 0 Å². The number of rotatable bonds is 6. The molecular weight excluding hydrogens is 419 g/mol. The smallest absolute Gasteiger partial charge is 0.269 e. The Morgan fingerprint density at radius 3 is 2.71 bits per heavy atom. The molecule has 2 heterocycles. The molecule has 4 aromatic rings. The van der Waals surface area contributed by atoms with E-state index in [-0.39, 0.29) is 24.0 Å². The number of hydrogen-bond acceptors (Lipinski definition) is 6. The van der Waals surface area contributed by atoms with Crippen LogP contribution in [-0.2, 0) is 11.3 Å². The van der Waals surface area contributed by atoms with E-state index in [2.05, 4.69) is 9.97 Å². The zero-order chi connectivity index (χ0) is 21.8. The third-order valence-electron chi connectivity index (χ3n) is 4.42. The molecule has 0 aliphatic rings. The lowest BCUT2D eigenvalue weighted by Crippen LogP contribution is -2.28. The van der Waals surface area contributed by atoms with Gasteiger partial charge in [-0.1, -0.05) is 17.4 Å². The van der Waals surface area contributed by atoms with Crippen LogP contribution in [0.15, 0.2) is 73.1 Å². The summed E-state index contributed by atoms with van der Waals surface area (Å²) in [5, 5.41) is 11.2. The maximum atomic E-state index is 13.6. The number of hydrogen-bond donors (Lipinski definition) is 0. The fourth-order valence-corrected chi connectivity index (χ4v) is 3.88. The monoisotopic (exact) mass is 434 g/mol. The summed E-state index contributed by atoms with van der Waals surface area (Å²) in [6.07, 6.45) is 6.26. The van der Waals surface area contributed by atoms with Crippen molar-refractivity contribution in [2.45, 2.75) is 6.54 Å². The van der Waals surface area contributed by atoms with Gasteiger partial charge >= 0.3 is 0 Å². The predicted molar refractivity (Wildman–Crippen MR) is 117 cm³/mol. The lowest BCUT2D eigenvalue weighted by molar-refractivity contribution is -0.384. The molecule has 0 atom stereocenters. The Morgan fingerprint density at radius 1 is 1.19 bits per heavy atom. The lowest BCUT2D eigenvalue weighted by atomic mass is 10.2. The van der Waals surface area contributed by atoms with Crippen molar-refractivity contribution in [2.75, 3.05) is 4.90 Å². The predicted octanol–water partition coefficient (Wildman–Crippen LogP) is 4.99. The van der Waals surface area contributed by atoms with Crippen LogP contribution >= 0.6 is 11.3 Å². The molecule has 4 rings (SSSR count). The largest absolute Gasteiger partial charge is 0.280 e. The van der Waals surface area contributed by atoms with Crippen molar-refractivity contribution in [1.29, 1.82) is 0 Å². The number of benzene rings is 2. The van der Waals surface area contributed by atoms with E-state index in [0.29, 0.717) is 20.9 Å². The molecule has 0 fully saturated rings. The molecule has 2 aromatic heterocycles. The Morgan fingerprint density at radius 2 is 2.00 bits per heavy atom. The Labute approximate surface area is 180 Å². The molecule has 0 unspecified atom stereocenters. The lowest BCUT2D eigenvalue weighted by Gasteiger charge is -2.18. The third-order valence-corrected chi connectivity index (χ3v) is 5.46. The van der Waals surface area contributed by atoms with Crippen LogP contribution in [-0.4, -0.2) is 20.8 Å². The number of anilines is 1. The van der Waals surface area contributed by atoms with Gasteiger partial charge in [0.25, 0.3) is 11.6 Å². The van der Waals surface area contributed by atoms with Gasteiger partial charge in [0.1, 0.15) is 5.82 Å². The quantitative estimate of drug-likeness (QED) is 0.242. The second-order valence-electron chi connectivity index (χ2n) is 6.58. The summed E-state index contributed by atoms with van der Waals surface area (Å²) in [5.41, 5.74) is 2.03. The summed E-state index contributed by atoms with van der Waals surface area (Å²) in [7, 11) is 0. The summed E-state index contributed by atoms with van der Waals surface area (Å²) in [6.45, 7) is 0.236. The molecule has 0 radical (unpaired) electrons. The zero-order valence-electron chi connectivity index (χ0n) is 16.0. The van der Waals surface area contributed by atoms with Crippen LogP contribution in [0.1, 0.15) is 11.1 Å². The Balaban J connectivity index is 1.64. The SMILES string of the molecule is O=C(/C=C\c1ccc([N+](=O)[O-])cc1)N(Cc1cccnc1)c1nc2ccc(F)cc2s1. The molecule has 0 bridgehead atoms. The van der Waals surface area contributed by atoms with E-state index in [4.69, 9.17) is 0 Å². The Hall–Kier alpha value is -3.98. The first-order chi connectivity index (χ1) is 15.0. The number of nitro groups is 1. The number of pyridine rings is 1. The second kappa shape index (κ2) is 8.80. The number of fused-ring (bicyclic) bond motifs is 1. The molecule has 7 nitrogen and oxygen atoms in total.